The van der Waals surface area contributed by atoms with Crippen molar-refractivity contribution in [3.63, 3.8) is 0 Å². The van der Waals surface area contributed by atoms with Crippen LogP contribution in [0.1, 0.15) is 12.5 Å². The standard InChI is InChI=1S/C19H17ClN4OS/c1-12-10-14-4-2-3-5-16(14)24(12)17(25)11-26-19-21-18(22-23-19)13-6-8-15(20)9-7-13/h2-9,12H,10-11H2,1H3,(H,21,22,23). The number of amides is 1. The van der Waals surface area contributed by atoms with Gasteiger partial charge in [0.15, 0.2) is 5.82 Å². The number of benzene rings is 2. The van der Waals surface area contributed by atoms with E-state index in [2.05, 4.69) is 28.2 Å². The fourth-order valence-corrected chi connectivity index (χ4v) is 3.97. The number of carbonyl (C=O) groups is 1. The quantitative estimate of drug-likeness (QED) is 0.685. The van der Waals surface area contributed by atoms with Gasteiger partial charge in [0.25, 0.3) is 0 Å². The third-order valence-electron chi connectivity index (χ3n) is 4.38. The van der Waals surface area contributed by atoms with Gasteiger partial charge >= 0.3 is 0 Å². The maximum Gasteiger partial charge on any atom is 0.237 e. The molecule has 1 amide bonds. The molecule has 5 nitrogen and oxygen atoms in total. The Balaban J connectivity index is 1.43. The number of halogens is 1. The molecule has 0 aliphatic carbocycles. The molecule has 1 unspecified atom stereocenters. The molecule has 1 atom stereocenters. The highest BCUT2D eigenvalue weighted by atomic mass is 35.5. The van der Waals surface area contributed by atoms with Crippen LogP contribution in [0.5, 0.6) is 0 Å². The van der Waals surface area contributed by atoms with Gasteiger partial charge in [0.1, 0.15) is 0 Å². The molecule has 0 saturated carbocycles. The molecule has 7 heteroatoms. The van der Waals surface area contributed by atoms with E-state index in [0.717, 1.165) is 17.7 Å². The molecule has 1 N–H and O–H groups in total. The zero-order chi connectivity index (χ0) is 18.1. The van der Waals surface area contributed by atoms with Crippen molar-refractivity contribution >= 4 is 35.0 Å². The van der Waals surface area contributed by atoms with E-state index in [1.165, 1.54) is 17.3 Å². The second-order valence-corrected chi connectivity index (χ2v) is 7.59. The van der Waals surface area contributed by atoms with Crippen molar-refractivity contribution in [1.82, 2.24) is 15.2 Å². The van der Waals surface area contributed by atoms with Crippen LogP contribution in [0, 0.1) is 0 Å². The molecule has 132 valence electrons. The van der Waals surface area contributed by atoms with Gasteiger partial charge in [-0.05, 0) is 49.2 Å². The first-order chi connectivity index (χ1) is 12.6. The van der Waals surface area contributed by atoms with E-state index in [0.29, 0.717) is 21.8 Å². The monoisotopic (exact) mass is 384 g/mol. The van der Waals surface area contributed by atoms with Gasteiger partial charge in [0.2, 0.25) is 11.1 Å². The van der Waals surface area contributed by atoms with Crippen LogP contribution in [-0.2, 0) is 11.2 Å². The molecule has 0 saturated heterocycles. The number of H-pyrrole nitrogens is 1. The van der Waals surface area contributed by atoms with Gasteiger partial charge in [-0.1, -0.05) is 41.6 Å². The third kappa shape index (κ3) is 3.34. The zero-order valence-electron chi connectivity index (χ0n) is 14.1. The van der Waals surface area contributed by atoms with Crippen LogP contribution in [0.4, 0.5) is 5.69 Å². The summed E-state index contributed by atoms with van der Waals surface area (Å²) in [5.74, 6) is 1.04. The van der Waals surface area contributed by atoms with Crippen LogP contribution in [-0.4, -0.2) is 32.9 Å². The Morgan fingerprint density at radius 3 is 2.85 bits per heavy atom. The maximum atomic E-state index is 12.7. The maximum absolute atomic E-state index is 12.7. The lowest BCUT2D eigenvalue weighted by atomic mass is 10.1. The lowest BCUT2D eigenvalue weighted by molar-refractivity contribution is -0.116. The van der Waals surface area contributed by atoms with Crippen molar-refractivity contribution in [2.24, 2.45) is 0 Å². The van der Waals surface area contributed by atoms with E-state index in [-0.39, 0.29) is 11.9 Å². The number of fused-ring (bicyclic) bond motifs is 1. The highest BCUT2D eigenvalue weighted by Gasteiger charge is 2.30. The number of nitrogens with zero attached hydrogens (tertiary/aromatic N) is 3. The van der Waals surface area contributed by atoms with Crippen LogP contribution in [0.25, 0.3) is 11.4 Å². The van der Waals surface area contributed by atoms with Crippen molar-refractivity contribution in [2.75, 3.05) is 10.7 Å². The van der Waals surface area contributed by atoms with Gasteiger partial charge in [0.05, 0.1) is 5.75 Å². The first kappa shape index (κ1) is 17.1. The summed E-state index contributed by atoms with van der Waals surface area (Å²) in [5.41, 5.74) is 3.14. The Labute approximate surface area is 160 Å². The number of aromatic amines is 1. The molecule has 0 spiro atoms. The Bertz CT molecular complexity index is 941. The molecular weight excluding hydrogens is 368 g/mol. The minimum atomic E-state index is 0.0743. The molecule has 1 aromatic heterocycles. The smallest absolute Gasteiger partial charge is 0.237 e. The van der Waals surface area contributed by atoms with Crippen LogP contribution >= 0.6 is 23.4 Å². The van der Waals surface area contributed by atoms with Crippen molar-refractivity contribution in [2.45, 2.75) is 24.5 Å². The van der Waals surface area contributed by atoms with E-state index in [4.69, 9.17) is 11.6 Å². The molecule has 2 aromatic carbocycles. The fourth-order valence-electron chi connectivity index (χ4n) is 3.19. The van der Waals surface area contributed by atoms with Crippen molar-refractivity contribution in [3.05, 3.63) is 59.1 Å². The number of para-hydroxylation sites is 1. The Morgan fingerprint density at radius 2 is 2.04 bits per heavy atom. The largest absolute Gasteiger partial charge is 0.308 e. The summed E-state index contributed by atoms with van der Waals surface area (Å²) < 4.78 is 0. The number of hydrogen-bond acceptors (Lipinski definition) is 4. The molecule has 0 bridgehead atoms. The SMILES string of the molecule is CC1Cc2ccccc2N1C(=O)CSc1n[nH]c(-c2ccc(Cl)cc2)n1. The van der Waals surface area contributed by atoms with Crippen LogP contribution in [0.2, 0.25) is 5.02 Å². The average molecular weight is 385 g/mol. The Hall–Kier alpha value is -2.31. The molecule has 1 aliphatic heterocycles. The molecule has 1 aliphatic rings. The summed E-state index contributed by atoms with van der Waals surface area (Å²) in [6.07, 6.45) is 0.897. The first-order valence-corrected chi connectivity index (χ1v) is 9.69. The topological polar surface area (TPSA) is 61.9 Å². The van der Waals surface area contributed by atoms with Crippen molar-refractivity contribution < 1.29 is 4.79 Å². The molecular formula is C19H17ClN4OS. The minimum absolute atomic E-state index is 0.0743. The summed E-state index contributed by atoms with van der Waals surface area (Å²) >= 11 is 7.25. The summed E-state index contributed by atoms with van der Waals surface area (Å²) in [5, 5.41) is 8.34. The highest BCUT2D eigenvalue weighted by molar-refractivity contribution is 7.99. The van der Waals surface area contributed by atoms with E-state index in [1.807, 2.05) is 47.4 Å². The predicted octanol–water partition coefficient (Wildman–Crippen LogP) is 4.20. The van der Waals surface area contributed by atoms with E-state index >= 15 is 0 Å². The van der Waals surface area contributed by atoms with Crippen LogP contribution in [0.3, 0.4) is 0 Å². The summed E-state index contributed by atoms with van der Waals surface area (Å²) in [4.78, 5) is 19.1. The molecule has 4 rings (SSSR count). The summed E-state index contributed by atoms with van der Waals surface area (Å²) in [6, 6.07) is 15.6. The Kier molecular flexibility index (Phi) is 4.70. The average Bonchev–Trinajstić information content (AvgIpc) is 3.24. The normalized spacial score (nSPS) is 15.9. The van der Waals surface area contributed by atoms with Crippen LogP contribution in [0.15, 0.2) is 53.7 Å². The zero-order valence-corrected chi connectivity index (χ0v) is 15.7. The van der Waals surface area contributed by atoms with Gasteiger partial charge < -0.3 is 4.90 Å². The van der Waals surface area contributed by atoms with Gasteiger partial charge in [-0.15, -0.1) is 5.10 Å². The predicted molar refractivity (Wildman–Crippen MR) is 105 cm³/mol. The Morgan fingerprint density at radius 1 is 1.27 bits per heavy atom. The summed E-state index contributed by atoms with van der Waals surface area (Å²) in [6.45, 7) is 2.08. The lowest BCUT2D eigenvalue weighted by Gasteiger charge is -2.22. The molecule has 0 radical (unpaired) electrons. The van der Waals surface area contributed by atoms with E-state index in [1.54, 1.807) is 0 Å². The molecule has 3 aromatic rings. The molecule has 2 heterocycles. The number of rotatable bonds is 4. The number of aromatic nitrogens is 3. The van der Waals surface area contributed by atoms with E-state index in [9.17, 15) is 4.79 Å². The van der Waals surface area contributed by atoms with Gasteiger partial charge in [-0.25, -0.2) is 4.98 Å². The van der Waals surface area contributed by atoms with Crippen molar-refractivity contribution in [3.8, 4) is 11.4 Å². The second-order valence-electron chi connectivity index (χ2n) is 6.21. The second kappa shape index (κ2) is 7.13. The lowest BCUT2D eigenvalue weighted by Crippen LogP contribution is -2.36. The number of thioether (sulfide) groups is 1. The third-order valence-corrected chi connectivity index (χ3v) is 5.47. The van der Waals surface area contributed by atoms with Gasteiger partial charge in [-0.3, -0.25) is 9.89 Å². The first-order valence-electron chi connectivity index (χ1n) is 8.33. The van der Waals surface area contributed by atoms with Crippen LogP contribution < -0.4 is 4.90 Å². The number of anilines is 1. The molecule has 26 heavy (non-hydrogen) atoms. The fraction of sp³-hybridized carbons (Fsp3) is 0.211. The van der Waals surface area contributed by atoms with Crippen molar-refractivity contribution in [1.29, 1.82) is 0 Å². The number of carbonyl (C=O) groups excluding carboxylic acids is 1. The van der Waals surface area contributed by atoms with E-state index < -0.39 is 0 Å². The number of nitrogens with one attached hydrogen (secondary N) is 1. The molecule has 0 fully saturated rings. The van der Waals surface area contributed by atoms with Gasteiger partial charge in [-0.2, -0.15) is 0 Å². The highest BCUT2D eigenvalue weighted by Crippen LogP contribution is 2.32. The number of hydrogen-bond donors (Lipinski definition) is 1. The van der Waals surface area contributed by atoms with Gasteiger partial charge in [0, 0.05) is 22.3 Å². The summed E-state index contributed by atoms with van der Waals surface area (Å²) in [7, 11) is 0. The minimum Gasteiger partial charge on any atom is -0.308 e.